The molecule has 1 N–H and O–H groups in total. The van der Waals surface area contributed by atoms with Crippen molar-refractivity contribution >= 4 is 0 Å². The maximum atomic E-state index is 5.56. The summed E-state index contributed by atoms with van der Waals surface area (Å²) in [5, 5.41) is 3.68. The average Bonchev–Trinajstić information content (AvgIpc) is 2.38. The van der Waals surface area contributed by atoms with Crippen LogP contribution < -0.4 is 5.32 Å². The number of ether oxygens (including phenoxy) is 1. The molecule has 0 aromatic rings. The Balaban J connectivity index is 1.92. The summed E-state index contributed by atoms with van der Waals surface area (Å²) in [6.45, 7) is 10.6. The molecule has 106 valence electrons. The van der Waals surface area contributed by atoms with Gasteiger partial charge in [0.05, 0.1) is 6.10 Å². The molecule has 3 atom stereocenters. The minimum atomic E-state index is 0.355. The quantitative estimate of drug-likeness (QED) is 0.818. The highest BCUT2D eigenvalue weighted by atomic mass is 16.5. The molecule has 1 aliphatic heterocycles. The molecule has 0 bridgehead atoms. The molecule has 1 saturated heterocycles. The van der Waals surface area contributed by atoms with Gasteiger partial charge >= 0.3 is 0 Å². The Bertz CT molecular complexity index is 262. The van der Waals surface area contributed by atoms with E-state index in [2.05, 4.69) is 31.0 Å². The summed E-state index contributed by atoms with van der Waals surface area (Å²) in [4.78, 5) is 2.71. The maximum absolute atomic E-state index is 5.56. The van der Waals surface area contributed by atoms with Gasteiger partial charge in [-0.25, -0.2) is 0 Å². The van der Waals surface area contributed by atoms with Gasteiger partial charge in [0, 0.05) is 38.8 Å². The van der Waals surface area contributed by atoms with E-state index in [1.54, 1.807) is 0 Å². The van der Waals surface area contributed by atoms with Crippen LogP contribution >= 0.6 is 0 Å². The third-order valence-electron chi connectivity index (χ3n) is 4.70. The van der Waals surface area contributed by atoms with Gasteiger partial charge < -0.3 is 10.1 Å². The van der Waals surface area contributed by atoms with Crippen LogP contribution in [-0.2, 0) is 4.74 Å². The Hall–Kier alpha value is -0.120. The van der Waals surface area contributed by atoms with Crippen LogP contribution in [0.2, 0.25) is 0 Å². The average molecular weight is 254 g/mol. The van der Waals surface area contributed by atoms with Gasteiger partial charge in [-0.15, -0.1) is 0 Å². The predicted molar refractivity (Wildman–Crippen MR) is 75.9 cm³/mol. The highest BCUT2D eigenvalue weighted by Gasteiger charge is 2.34. The van der Waals surface area contributed by atoms with Crippen LogP contribution in [0.4, 0.5) is 0 Å². The van der Waals surface area contributed by atoms with Crippen molar-refractivity contribution in [2.75, 3.05) is 26.7 Å². The summed E-state index contributed by atoms with van der Waals surface area (Å²) in [5.74, 6) is 0. The molecule has 0 aromatic carbocycles. The van der Waals surface area contributed by atoms with Gasteiger partial charge in [-0.2, -0.15) is 0 Å². The van der Waals surface area contributed by atoms with Crippen LogP contribution in [0.5, 0.6) is 0 Å². The zero-order valence-corrected chi connectivity index (χ0v) is 12.5. The SMILES string of the molecule is COC1CCCC(N2CCNC(C(C)(C)C)C2)C1. The first-order chi connectivity index (χ1) is 8.50. The van der Waals surface area contributed by atoms with Gasteiger partial charge in [0.25, 0.3) is 0 Å². The molecule has 1 aliphatic carbocycles. The number of hydrogen-bond donors (Lipinski definition) is 1. The maximum Gasteiger partial charge on any atom is 0.0586 e. The fourth-order valence-corrected chi connectivity index (χ4v) is 3.35. The van der Waals surface area contributed by atoms with Crippen LogP contribution in [0.25, 0.3) is 0 Å². The lowest BCUT2D eigenvalue weighted by atomic mass is 9.84. The fraction of sp³-hybridized carbons (Fsp3) is 1.00. The molecule has 0 aromatic heterocycles. The molecule has 0 radical (unpaired) electrons. The van der Waals surface area contributed by atoms with Crippen molar-refractivity contribution in [2.24, 2.45) is 5.41 Å². The van der Waals surface area contributed by atoms with Crippen molar-refractivity contribution < 1.29 is 4.74 Å². The van der Waals surface area contributed by atoms with E-state index in [1.165, 1.54) is 38.8 Å². The topological polar surface area (TPSA) is 24.5 Å². The van der Waals surface area contributed by atoms with Gasteiger partial charge in [-0.1, -0.05) is 20.8 Å². The second-order valence-corrected chi connectivity index (χ2v) is 7.05. The zero-order valence-electron chi connectivity index (χ0n) is 12.5. The van der Waals surface area contributed by atoms with Crippen molar-refractivity contribution in [3.05, 3.63) is 0 Å². The largest absolute Gasteiger partial charge is 0.381 e. The molecular formula is C15H30N2O. The lowest BCUT2D eigenvalue weighted by molar-refractivity contribution is 0.0120. The molecular weight excluding hydrogens is 224 g/mol. The van der Waals surface area contributed by atoms with Crippen molar-refractivity contribution in [2.45, 2.75) is 64.6 Å². The molecule has 0 amide bonds. The molecule has 3 nitrogen and oxygen atoms in total. The summed E-state index contributed by atoms with van der Waals surface area (Å²) >= 11 is 0. The monoisotopic (exact) mass is 254 g/mol. The Morgan fingerprint density at radius 3 is 2.67 bits per heavy atom. The smallest absolute Gasteiger partial charge is 0.0586 e. The summed E-state index contributed by atoms with van der Waals surface area (Å²) < 4.78 is 5.56. The number of rotatable bonds is 2. The second-order valence-electron chi connectivity index (χ2n) is 7.05. The molecule has 3 heteroatoms. The Morgan fingerprint density at radius 1 is 1.22 bits per heavy atom. The first-order valence-corrected chi connectivity index (χ1v) is 7.51. The van der Waals surface area contributed by atoms with Crippen molar-refractivity contribution in [1.82, 2.24) is 10.2 Å². The van der Waals surface area contributed by atoms with E-state index in [0.717, 1.165) is 12.6 Å². The van der Waals surface area contributed by atoms with Crippen LogP contribution in [-0.4, -0.2) is 49.8 Å². The van der Waals surface area contributed by atoms with E-state index in [1.807, 2.05) is 7.11 Å². The number of piperazine rings is 1. The van der Waals surface area contributed by atoms with E-state index in [4.69, 9.17) is 4.74 Å². The van der Waals surface area contributed by atoms with Crippen LogP contribution in [0.3, 0.4) is 0 Å². The van der Waals surface area contributed by atoms with Crippen LogP contribution in [0, 0.1) is 5.41 Å². The van der Waals surface area contributed by atoms with Gasteiger partial charge in [0.15, 0.2) is 0 Å². The summed E-state index contributed by atoms with van der Waals surface area (Å²) in [6.07, 6.45) is 5.66. The first-order valence-electron chi connectivity index (χ1n) is 7.51. The van der Waals surface area contributed by atoms with E-state index in [0.29, 0.717) is 17.6 Å². The number of nitrogens with zero attached hydrogens (tertiary/aromatic N) is 1. The Kier molecular flexibility index (Phi) is 4.68. The van der Waals surface area contributed by atoms with Gasteiger partial charge in [-0.3, -0.25) is 4.90 Å². The van der Waals surface area contributed by atoms with Gasteiger partial charge in [0.1, 0.15) is 0 Å². The lowest BCUT2D eigenvalue weighted by Gasteiger charge is -2.45. The molecule has 1 heterocycles. The molecule has 0 spiro atoms. The number of methoxy groups -OCH3 is 1. The molecule has 3 unspecified atom stereocenters. The highest BCUT2D eigenvalue weighted by Crippen LogP contribution is 2.28. The predicted octanol–water partition coefficient (Wildman–Crippen LogP) is 2.26. The molecule has 18 heavy (non-hydrogen) atoms. The summed E-state index contributed by atoms with van der Waals surface area (Å²) in [5.41, 5.74) is 0.355. The minimum Gasteiger partial charge on any atom is -0.381 e. The Labute approximate surface area is 112 Å². The number of nitrogens with one attached hydrogen (secondary N) is 1. The Morgan fingerprint density at radius 2 is 2.00 bits per heavy atom. The summed E-state index contributed by atoms with van der Waals surface area (Å²) in [6, 6.07) is 1.37. The number of hydrogen-bond acceptors (Lipinski definition) is 3. The third kappa shape index (κ3) is 3.46. The van der Waals surface area contributed by atoms with Gasteiger partial charge in [-0.05, 0) is 31.1 Å². The zero-order chi connectivity index (χ0) is 13.2. The minimum absolute atomic E-state index is 0.355. The molecule has 1 saturated carbocycles. The second kappa shape index (κ2) is 5.89. The van der Waals surface area contributed by atoms with E-state index >= 15 is 0 Å². The van der Waals surface area contributed by atoms with Crippen molar-refractivity contribution in [3.8, 4) is 0 Å². The molecule has 2 rings (SSSR count). The normalized spacial score (nSPS) is 35.7. The van der Waals surface area contributed by atoms with E-state index in [9.17, 15) is 0 Å². The van der Waals surface area contributed by atoms with Crippen molar-refractivity contribution in [1.29, 1.82) is 0 Å². The van der Waals surface area contributed by atoms with Crippen LogP contribution in [0.1, 0.15) is 46.5 Å². The molecule has 2 fully saturated rings. The fourth-order valence-electron chi connectivity index (χ4n) is 3.35. The standard InChI is InChI=1S/C15H30N2O/c1-15(2,3)14-11-17(9-8-16-14)12-6-5-7-13(10-12)18-4/h12-14,16H,5-11H2,1-4H3. The van der Waals surface area contributed by atoms with E-state index in [-0.39, 0.29) is 0 Å². The summed E-state index contributed by atoms with van der Waals surface area (Å²) in [7, 11) is 1.86. The molecule has 2 aliphatic rings. The van der Waals surface area contributed by atoms with Gasteiger partial charge in [0.2, 0.25) is 0 Å². The lowest BCUT2D eigenvalue weighted by Crippen LogP contribution is -2.58. The van der Waals surface area contributed by atoms with Crippen molar-refractivity contribution in [3.63, 3.8) is 0 Å². The first kappa shape index (κ1) is 14.3. The van der Waals surface area contributed by atoms with E-state index < -0.39 is 0 Å². The highest BCUT2D eigenvalue weighted by molar-refractivity contribution is 4.91. The third-order valence-corrected chi connectivity index (χ3v) is 4.70. The van der Waals surface area contributed by atoms with Crippen LogP contribution in [0.15, 0.2) is 0 Å².